The van der Waals surface area contributed by atoms with Crippen molar-refractivity contribution in [2.45, 2.75) is 6.54 Å². The number of amides is 1. The second kappa shape index (κ2) is 6.60. The van der Waals surface area contributed by atoms with Gasteiger partial charge >= 0.3 is 0 Å². The van der Waals surface area contributed by atoms with Crippen molar-refractivity contribution in [3.05, 3.63) is 62.6 Å². The summed E-state index contributed by atoms with van der Waals surface area (Å²) in [6, 6.07) is 7.16. The molecule has 0 spiro atoms. The Morgan fingerprint density at radius 1 is 1.24 bits per heavy atom. The van der Waals surface area contributed by atoms with Crippen molar-refractivity contribution >= 4 is 40.7 Å². The van der Waals surface area contributed by atoms with Gasteiger partial charge in [0.05, 0.1) is 0 Å². The summed E-state index contributed by atoms with van der Waals surface area (Å²) >= 11 is 17.5. The van der Waals surface area contributed by atoms with Crippen LogP contribution in [0.5, 0.6) is 0 Å². The van der Waals surface area contributed by atoms with Crippen LogP contribution in [-0.4, -0.2) is 22.8 Å². The summed E-state index contributed by atoms with van der Waals surface area (Å²) in [6.07, 6.45) is 0. The minimum Gasteiger partial charge on any atom is -0.337 e. The van der Waals surface area contributed by atoms with E-state index < -0.39 is 5.82 Å². The number of pyridine rings is 1. The Morgan fingerprint density at radius 2 is 1.86 bits per heavy atom. The summed E-state index contributed by atoms with van der Waals surface area (Å²) < 4.78 is 13.7. The van der Waals surface area contributed by atoms with E-state index in [1.54, 1.807) is 6.07 Å². The lowest BCUT2D eigenvalue weighted by molar-refractivity contribution is 0.0784. The zero-order chi connectivity index (χ0) is 15.6. The normalized spacial score (nSPS) is 10.5. The second-order valence-corrected chi connectivity index (χ2v) is 5.54. The van der Waals surface area contributed by atoms with Crippen LogP contribution >= 0.6 is 34.8 Å². The van der Waals surface area contributed by atoms with Crippen LogP contribution in [0.1, 0.15) is 15.9 Å². The molecule has 1 aromatic heterocycles. The molecule has 0 radical (unpaired) electrons. The zero-order valence-electron chi connectivity index (χ0n) is 10.9. The molecular formula is C14H10Cl3FN2O. The molecule has 1 heterocycles. The molecule has 0 aliphatic rings. The Morgan fingerprint density at radius 3 is 2.43 bits per heavy atom. The average Bonchev–Trinajstić information content (AvgIpc) is 2.41. The van der Waals surface area contributed by atoms with Crippen LogP contribution < -0.4 is 0 Å². The number of rotatable bonds is 3. The number of nitrogens with zero attached hydrogens (tertiary/aromatic N) is 2. The molecule has 21 heavy (non-hydrogen) atoms. The van der Waals surface area contributed by atoms with Crippen LogP contribution in [0, 0.1) is 5.82 Å². The van der Waals surface area contributed by atoms with Crippen LogP contribution in [0.2, 0.25) is 15.3 Å². The van der Waals surface area contributed by atoms with Gasteiger partial charge in [0.1, 0.15) is 16.1 Å². The highest BCUT2D eigenvalue weighted by Gasteiger charge is 2.17. The maximum atomic E-state index is 13.7. The Kier molecular flexibility index (Phi) is 5.04. The Bertz CT molecular complexity index is 653. The topological polar surface area (TPSA) is 33.2 Å². The molecule has 0 aliphatic carbocycles. The summed E-state index contributed by atoms with van der Waals surface area (Å²) in [5.74, 6) is -0.825. The quantitative estimate of drug-likeness (QED) is 0.768. The van der Waals surface area contributed by atoms with E-state index in [-0.39, 0.29) is 38.9 Å². The molecule has 0 N–H and O–H groups in total. The molecule has 0 aliphatic heterocycles. The number of hydrogen-bond acceptors (Lipinski definition) is 2. The van der Waals surface area contributed by atoms with Crippen molar-refractivity contribution in [2.75, 3.05) is 7.05 Å². The lowest BCUT2D eigenvalue weighted by atomic mass is 10.2. The molecule has 0 atom stereocenters. The van der Waals surface area contributed by atoms with Crippen molar-refractivity contribution in [1.82, 2.24) is 9.88 Å². The van der Waals surface area contributed by atoms with E-state index in [1.165, 1.54) is 36.2 Å². The fraction of sp³-hybridized carbons (Fsp3) is 0.143. The van der Waals surface area contributed by atoms with E-state index in [0.717, 1.165) is 0 Å². The standard InChI is InChI=1S/C14H10Cl3FN2O/c1-20(7-9-10(15)3-2-4-11(9)18)14(21)8-5-12(16)19-13(17)6-8/h2-6H,7H2,1H3. The Labute approximate surface area is 136 Å². The third-order valence-corrected chi connectivity index (χ3v) is 3.55. The molecule has 0 saturated carbocycles. The zero-order valence-corrected chi connectivity index (χ0v) is 13.2. The van der Waals surface area contributed by atoms with Crippen LogP contribution in [0.15, 0.2) is 30.3 Å². The molecule has 0 unspecified atom stereocenters. The summed E-state index contributed by atoms with van der Waals surface area (Å²) in [5, 5.41) is 0.492. The molecule has 0 saturated heterocycles. The van der Waals surface area contributed by atoms with E-state index in [2.05, 4.69) is 4.98 Å². The third-order valence-electron chi connectivity index (χ3n) is 2.81. The van der Waals surface area contributed by atoms with E-state index in [0.29, 0.717) is 0 Å². The molecule has 7 heteroatoms. The Balaban J connectivity index is 2.24. The van der Waals surface area contributed by atoms with Crippen LogP contribution in [0.25, 0.3) is 0 Å². The van der Waals surface area contributed by atoms with Crippen molar-refractivity contribution < 1.29 is 9.18 Å². The smallest absolute Gasteiger partial charge is 0.254 e. The number of carbonyl (C=O) groups excluding carboxylic acids is 1. The van der Waals surface area contributed by atoms with Gasteiger partial charge < -0.3 is 4.90 Å². The highest BCUT2D eigenvalue weighted by Crippen LogP contribution is 2.22. The fourth-order valence-electron chi connectivity index (χ4n) is 1.80. The van der Waals surface area contributed by atoms with Gasteiger partial charge in [-0.15, -0.1) is 0 Å². The number of halogens is 4. The molecule has 1 amide bonds. The monoisotopic (exact) mass is 346 g/mol. The highest BCUT2D eigenvalue weighted by atomic mass is 35.5. The maximum absolute atomic E-state index is 13.7. The van der Waals surface area contributed by atoms with Crippen molar-refractivity contribution in [1.29, 1.82) is 0 Å². The van der Waals surface area contributed by atoms with Gasteiger partial charge in [0.15, 0.2) is 0 Å². The number of carbonyl (C=O) groups is 1. The van der Waals surface area contributed by atoms with Gasteiger partial charge in [0.25, 0.3) is 5.91 Å². The largest absolute Gasteiger partial charge is 0.337 e. The summed E-state index contributed by atoms with van der Waals surface area (Å²) in [5.41, 5.74) is 0.524. The van der Waals surface area contributed by atoms with Gasteiger partial charge in [-0.1, -0.05) is 40.9 Å². The van der Waals surface area contributed by atoms with Crippen molar-refractivity contribution in [2.24, 2.45) is 0 Å². The molecular weight excluding hydrogens is 338 g/mol. The van der Waals surface area contributed by atoms with Gasteiger partial charge in [0.2, 0.25) is 0 Å². The van der Waals surface area contributed by atoms with Crippen molar-refractivity contribution in [3.63, 3.8) is 0 Å². The number of benzene rings is 1. The summed E-state index contributed by atoms with van der Waals surface area (Å²) in [7, 11) is 1.54. The SMILES string of the molecule is CN(Cc1c(F)cccc1Cl)C(=O)c1cc(Cl)nc(Cl)c1. The Hall–Kier alpha value is -1.36. The first-order valence-electron chi connectivity index (χ1n) is 5.90. The van der Waals surface area contributed by atoms with Crippen molar-refractivity contribution in [3.8, 4) is 0 Å². The predicted molar refractivity (Wildman–Crippen MR) is 81.5 cm³/mol. The van der Waals surface area contributed by atoms with E-state index in [1.807, 2.05) is 0 Å². The minimum absolute atomic E-state index is 0.0297. The van der Waals surface area contributed by atoms with E-state index >= 15 is 0 Å². The highest BCUT2D eigenvalue weighted by molar-refractivity contribution is 6.33. The van der Waals surface area contributed by atoms with E-state index in [4.69, 9.17) is 34.8 Å². The maximum Gasteiger partial charge on any atom is 0.254 e. The molecule has 110 valence electrons. The van der Waals surface area contributed by atoms with Gasteiger partial charge in [-0.25, -0.2) is 9.37 Å². The fourth-order valence-corrected chi connectivity index (χ4v) is 2.48. The first kappa shape index (κ1) is 16.0. The van der Waals surface area contributed by atoms with Gasteiger partial charge in [-0.05, 0) is 24.3 Å². The minimum atomic E-state index is -0.465. The average molecular weight is 348 g/mol. The first-order chi connectivity index (χ1) is 9.88. The van der Waals surface area contributed by atoms with Gasteiger partial charge in [-0.3, -0.25) is 4.79 Å². The molecule has 3 nitrogen and oxygen atoms in total. The molecule has 0 fully saturated rings. The van der Waals surface area contributed by atoms with Crippen LogP contribution in [0.3, 0.4) is 0 Å². The second-order valence-electron chi connectivity index (χ2n) is 4.36. The van der Waals surface area contributed by atoms with Crippen LogP contribution in [0.4, 0.5) is 4.39 Å². The predicted octanol–water partition coefficient (Wildman–Crippen LogP) is 4.45. The van der Waals surface area contributed by atoms with Crippen LogP contribution in [-0.2, 0) is 6.54 Å². The van der Waals surface area contributed by atoms with Gasteiger partial charge in [0, 0.05) is 29.7 Å². The van der Waals surface area contributed by atoms with Gasteiger partial charge in [-0.2, -0.15) is 0 Å². The summed E-state index contributed by atoms with van der Waals surface area (Å²) in [6.45, 7) is 0.0297. The number of aromatic nitrogens is 1. The lowest BCUT2D eigenvalue weighted by Crippen LogP contribution is -2.27. The number of hydrogen-bond donors (Lipinski definition) is 0. The molecule has 0 bridgehead atoms. The molecule has 1 aromatic carbocycles. The molecule has 2 rings (SSSR count). The first-order valence-corrected chi connectivity index (χ1v) is 7.03. The molecule has 2 aromatic rings. The lowest BCUT2D eigenvalue weighted by Gasteiger charge is -2.18. The third kappa shape index (κ3) is 3.84. The summed E-state index contributed by atoms with van der Waals surface area (Å²) in [4.78, 5) is 17.4. The van der Waals surface area contributed by atoms with E-state index in [9.17, 15) is 9.18 Å².